The Morgan fingerprint density at radius 2 is 2.00 bits per heavy atom. The van der Waals surface area contributed by atoms with Crippen LogP contribution in [0.2, 0.25) is 10.0 Å². The molecule has 3 rings (SSSR count). The van der Waals surface area contributed by atoms with Gasteiger partial charge < -0.3 is 10.1 Å². The van der Waals surface area contributed by atoms with Crippen molar-refractivity contribution < 1.29 is 4.74 Å². The Morgan fingerprint density at radius 3 is 2.79 bits per heavy atom. The molecule has 0 bridgehead atoms. The van der Waals surface area contributed by atoms with E-state index in [1.54, 1.807) is 6.07 Å². The molecule has 1 aliphatic rings. The summed E-state index contributed by atoms with van der Waals surface area (Å²) in [6.07, 6.45) is 3.20. The van der Waals surface area contributed by atoms with Crippen molar-refractivity contribution in [2.45, 2.75) is 38.1 Å². The van der Waals surface area contributed by atoms with Crippen LogP contribution in [0.1, 0.15) is 36.8 Å². The lowest BCUT2D eigenvalue weighted by molar-refractivity contribution is 0.262. The lowest BCUT2D eigenvalue weighted by Gasteiger charge is -2.28. The summed E-state index contributed by atoms with van der Waals surface area (Å²) in [6.45, 7) is 3.87. The van der Waals surface area contributed by atoms with Crippen molar-refractivity contribution in [3.8, 4) is 5.75 Å². The maximum absolute atomic E-state index is 6.26. The molecule has 1 heterocycles. The van der Waals surface area contributed by atoms with Gasteiger partial charge in [0, 0.05) is 29.1 Å². The zero-order valence-electron chi connectivity index (χ0n) is 13.9. The molecule has 0 amide bonds. The van der Waals surface area contributed by atoms with Crippen LogP contribution in [0.3, 0.4) is 0 Å². The van der Waals surface area contributed by atoms with Crippen LogP contribution in [0.4, 0.5) is 0 Å². The van der Waals surface area contributed by atoms with E-state index >= 15 is 0 Å². The fourth-order valence-electron chi connectivity index (χ4n) is 3.18. The van der Waals surface area contributed by atoms with Gasteiger partial charge in [0.2, 0.25) is 0 Å². The van der Waals surface area contributed by atoms with E-state index in [0.29, 0.717) is 28.6 Å². The lowest BCUT2D eigenvalue weighted by Crippen LogP contribution is -2.32. The van der Waals surface area contributed by atoms with Crippen molar-refractivity contribution in [2.24, 2.45) is 0 Å². The number of rotatable bonds is 6. The molecule has 0 saturated carbocycles. The number of hydrogen-bond acceptors (Lipinski definition) is 2. The standard InChI is InChI=1S/C20H23Cl2NO/c1-14(7-8-15-5-3-2-4-6-15)23-13-16-9-10-24-20-18(16)11-17(21)12-19(20)22/h2-6,11-12,14,16,23H,7-10,13H2,1H3. The average molecular weight is 364 g/mol. The molecule has 0 aromatic heterocycles. The van der Waals surface area contributed by atoms with Crippen molar-refractivity contribution in [3.05, 3.63) is 63.6 Å². The molecule has 128 valence electrons. The molecule has 0 aliphatic carbocycles. The van der Waals surface area contributed by atoms with Crippen LogP contribution in [0.5, 0.6) is 5.75 Å². The Bertz CT molecular complexity index is 675. The van der Waals surface area contributed by atoms with Gasteiger partial charge in [-0.3, -0.25) is 0 Å². The Balaban J connectivity index is 1.56. The highest BCUT2D eigenvalue weighted by Crippen LogP contribution is 2.40. The van der Waals surface area contributed by atoms with E-state index in [2.05, 4.69) is 42.6 Å². The first-order valence-corrected chi connectivity index (χ1v) is 9.28. The molecule has 1 aliphatic heterocycles. The highest BCUT2D eigenvalue weighted by Gasteiger charge is 2.24. The number of ether oxygens (including phenoxy) is 1. The lowest BCUT2D eigenvalue weighted by atomic mass is 9.92. The third-order valence-corrected chi connectivity index (χ3v) is 5.11. The molecule has 2 unspecified atom stereocenters. The van der Waals surface area contributed by atoms with Crippen LogP contribution in [0.25, 0.3) is 0 Å². The van der Waals surface area contributed by atoms with E-state index in [9.17, 15) is 0 Å². The first-order chi connectivity index (χ1) is 11.6. The molecule has 24 heavy (non-hydrogen) atoms. The number of aryl methyl sites for hydroxylation is 1. The van der Waals surface area contributed by atoms with Gasteiger partial charge in [-0.05, 0) is 43.9 Å². The summed E-state index contributed by atoms with van der Waals surface area (Å²) in [5.41, 5.74) is 2.52. The highest BCUT2D eigenvalue weighted by molar-refractivity contribution is 6.35. The smallest absolute Gasteiger partial charge is 0.141 e. The maximum Gasteiger partial charge on any atom is 0.141 e. The molecule has 4 heteroatoms. The molecular formula is C20H23Cl2NO. The van der Waals surface area contributed by atoms with E-state index in [0.717, 1.165) is 37.1 Å². The first kappa shape index (κ1) is 17.6. The Hall–Kier alpha value is -1.22. The van der Waals surface area contributed by atoms with Crippen molar-refractivity contribution >= 4 is 23.2 Å². The maximum atomic E-state index is 6.26. The summed E-state index contributed by atoms with van der Waals surface area (Å²) >= 11 is 12.4. The fraction of sp³-hybridized carbons (Fsp3) is 0.400. The molecule has 1 N–H and O–H groups in total. The Morgan fingerprint density at radius 1 is 1.21 bits per heavy atom. The molecule has 2 aromatic carbocycles. The minimum absolute atomic E-state index is 0.393. The van der Waals surface area contributed by atoms with Crippen LogP contribution in [0, 0.1) is 0 Å². The monoisotopic (exact) mass is 363 g/mol. The van der Waals surface area contributed by atoms with Crippen molar-refractivity contribution in [3.63, 3.8) is 0 Å². The molecule has 0 saturated heterocycles. The summed E-state index contributed by atoms with van der Waals surface area (Å²) in [7, 11) is 0. The molecule has 2 aromatic rings. The number of benzene rings is 2. The van der Waals surface area contributed by atoms with E-state index < -0.39 is 0 Å². The molecule has 0 fully saturated rings. The van der Waals surface area contributed by atoms with Gasteiger partial charge in [0.25, 0.3) is 0 Å². The molecule has 0 radical (unpaired) electrons. The summed E-state index contributed by atoms with van der Waals surface area (Å²) < 4.78 is 5.73. The van der Waals surface area contributed by atoms with Gasteiger partial charge in [0.05, 0.1) is 11.6 Å². The van der Waals surface area contributed by atoms with E-state index in [4.69, 9.17) is 27.9 Å². The zero-order chi connectivity index (χ0) is 16.9. The Kier molecular flexibility index (Phi) is 6.04. The third kappa shape index (κ3) is 4.44. The van der Waals surface area contributed by atoms with Gasteiger partial charge >= 0.3 is 0 Å². The van der Waals surface area contributed by atoms with Crippen LogP contribution in [-0.2, 0) is 6.42 Å². The molecule has 2 nitrogen and oxygen atoms in total. The van der Waals surface area contributed by atoms with Gasteiger partial charge in [-0.15, -0.1) is 0 Å². The van der Waals surface area contributed by atoms with Gasteiger partial charge in [0.15, 0.2) is 0 Å². The quantitative estimate of drug-likeness (QED) is 0.734. The third-order valence-electron chi connectivity index (χ3n) is 4.61. The number of nitrogens with one attached hydrogen (secondary N) is 1. The second-order valence-corrected chi connectivity index (χ2v) is 7.32. The minimum atomic E-state index is 0.393. The predicted octanol–water partition coefficient (Wildman–Crippen LogP) is 5.47. The van der Waals surface area contributed by atoms with Crippen LogP contribution >= 0.6 is 23.2 Å². The fourth-order valence-corrected chi connectivity index (χ4v) is 3.74. The van der Waals surface area contributed by atoms with Crippen LogP contribution in [-0.4, -0.2) is 19.2 Å². The largest absolute Gasteiger partial charge is 0.492 e. The number of halogens is 2. The topological polar surface area (TPSA) is 21.3 Å². The van der Waals surface area contributed by atoms with Crippen molar-refractivity contribution in [1.29, 1.82) is 0 Å². The summed E-state index contributed by atoms with van der Waals surface area (Å²) in [5.74, 6) is 1.19. The summed E-state index contributed by atoms with van der Waals surface area (Å²) in [4.78, 5) is 0. The Labute approximate surface area is 154 Å². The minimum Gasteiger partial charge on any atom is -0.492 e. The van der Waals surface area contributed by atoms with Crippen molar-refractivity contribution in [1.82, 2.24) is 5.32 Å². The summed E-state index contributed by atoms with van der Waals surface area (Å²) in [6, 6.07) is 14.8. The second-order valence-electron chi connectivity index (χ2n) is 6.47. The normalized spacial score (nSPS) is 17.9. The van der Waals surface area contributed by atoms with Gasteiger partial charge in [-0.25, -0.2) is 0 Å². The molecular weight excluding hydrogens is 341 g/mol. The highest BCUT2D eigenvalue weighted by atomic mass is 35.5. The van der Waals surface area contributed by atoms with Crippen LogP contribution < -0.4 is 10.1 Å². The number of hydrogen-bond donors (Lipinski definition) is 1. The van der Waals surface area contributed by atoms with Gasteiger partial charge in [0.1, 0.15) is 5.75 Å². The van der Waals surface area contributed by atoms with Gasteiger partial charge in [-0.1, -0.05) is 53.5 Å². The van der Waals surface area contributed by atoms with E-state index in [-0.39, 0.29) is 0 Å². The van der Waals surface area contributed by atoms with E-state index in [1.807, 2.05) is 6.07 Å². The van der Waals surface area contributed by atoms with E-state index in [1.165, 1.54) is 5.56 Å². The van der Waals surface area contributed by atoms with Crippen LogP contribution in [0.15, 0.2) is 42.5 Å². The molecule has 2 atom stereocenters. The molecule has 0 spiro atoms. The van der Waals surface area contributed by atoms with Crippen molar-refractivity contribution in [2.75, 3.05) is 13.2 Å². The zero-order valence-corrected chi connectivity index (χ0v) is 15.4. The first-order valence-electron chi connectivity index (χ1n) is 8.52. The average Bonchev–Trinajstić information content (AvgIpc) is 2.59. The second kappa shape index (κ2) is 8.24. The summed E-state index contributed by atoms with van der Waals surface area (Å²) in [5, 5.41) is 4.94. The predicted molar refractivity (Wildman–Crippen MR) is 102 cm³/mol. The number of fused-ring (bicyclic) bond motifs is 1. The SMILES string of the molecule is CC(CCc1ccccc1)NCC1CCOc2c(Cl)cc(Cl)cc21. The van der Waals surface area contributed by atoms with Gasteiger partial charge in [-0.2, -0.15) is 0 Å².